The fourth-order valence-electron chi connectivity index (χ4n) is 1.25. The molecular formula is C10H12F3N3O. The van der Waals surface area contributed by atoms with Gasteiger partial charge in [0.15, 0.2) is 0 Å². The van der Waals surface area contributed by atoms with Crippen LogP contribution in [0.1, 0.15) is 18.9 Å². The van der Waals surface area contributed by atoms with E-state index in [9.17, 15) is 18.0 Å². The molecule has 0 aromatic carbocycles. The molecule has 7 heteroatoms. The lowest BCUT2D eigenvalue weighted by atomic mass is 10.2. The second-order valence-electron chi connectivity index (χ2n) is 3.65. The monoisotopic (exact) mass is 247 g/mol. The highest BCUT2D eigenvalue weighted by atomic mass is 19.4. The second-order valence-corrected chi connectivity index (χ2v) is 3.65. The number of halogens is 3. The van der Waals surface area contributed by atoms with Crippen molar-refractivity contribution in [1.29, 1.82) is 0 Å². The summed E-state index contributed by atoms with van der Waals surface area (Å²) in [5, 5.41) is 2.77. The molecular weight excluding hydrogens is 235 g/mol. The molecule has 0 saturated heterocycles. The predicted octanol–water partition coefficient (Wildman–Crippen LogP) is 1.78. The zero-order valence-electron chi connectivity index (χ0n) is 9.08. The molecule has 0 radical (unpaired) electrons. The summed E-state index contributed by atoms with van der Waals surface area (Å²) in [4.78, 5) is 14.2. The molecule has 3 N–H and O–H groups in total. The van der Waals surface area contributed by atoms with Crippen LogP contribution in [0.25, 0.3) is 0 Å². The lowest BCUT2D eigenvalue weighted by Crippen LogP contribution is -2.24. The first-order chi connectivity index (χ1) is 7.79. The van der Waals surface area contributed by atoms with Crippen LogP contribution in [0.2, 0.25) is 0 Å². The van der Waals surface area contributed by atoms with Crippen LogP contribution in [0.15, 0.2) is 18.3 Å². The maximum Gasteiger partial charge on any atom is 0.417 e. The van der Waals surface area contributed by atoms with Crippen molar-refractivity contribution in [2.24, 2.45) is 5.73 Å². The van der Waals surface area contributed by atoms with Crippen molar-refractivity contribution in [2.75, 3.05) is 5.32 Å². The number of rotatable bonds is 4. The van der Waals surface area contributed by atoms with E-state index < -0.39 is 17.6 Å². The molecule has 0 bridgehead atoms. The molecule has 0 saturated carbocycles. The van der Waals surface area contributed by atoms with Gasteiger partial charge in [0.2, 0.25) is 5.91 Å². The number of hydrogen-bond donors (Lipinski definition) is 2. The van der Waals surface area contributed by atoms with Gasteiger partial charge in [-0.3, -0.25) is 4.79 Å². The Kier molecular flexibility index (Phi) is 3.93. The van der Waals surface area contributed by atoms with E-state index in [1.54, 1.807) is 6.92 Å². The first kappa shape index (κ1) is 13.3. The molecule has 94 valence electrons. The summed E-state index contributed by atoms with van der Waals surface area (Å²) in [5.74, 6) is -0.219. The molecule has 1 aromatic heterocycles. The standard InChI is InChI=1S/C10H12F3N3O/c1-6(4-8(14)17)16-9-3-2-7(5-15-9)10(11,12)13/h2-3,5-6H,4H2,1H3,(H2,14,17)(H,15,16). The third-order valence-corrected chi connectivity index (χ3v) is 1.99. The fraction of sp³-hybridized carbons (Fsp3) is 0.400. The van der Waals surface area contributed by atoms with E-state index in [-0.39, 0.29) is 18.3 Å². The molecule has 1 amide bonds. The number of nitrogens with zero attached hydrogens (tertiary/aromatic N) is 1. The van der Waals surface area contributed by atoms with Crippen molar-refractivity contribution in [3.8, 4) is 0 Å². The van der Waals surface area contributed by atoms with Crippen LogP contribution in [0, 0.1) is 0 Å². The Bertz CT molecular complexity index is 389. The van der Waals surface area contributed by atoms with E-state index in [0.717, 1.165) is 12.3 Å². The Morgan fingerprint density at radius 1 is 1.53 bits per heavy atom. The maximum absolute atomic E-state index is 12.2. The summed E-state index contributed by atoms with van der Waals surface area (Å²) >= 11 is 0. The molecule has 0 aliphatic heterocycles. The quantitative estimate of drug-likeness (QED) is 0.852. The molecule has 0 spiro atoms. The van der Waals surface area contributed by atoms with Crippen molar-refractivity contribution < 1.29 is 18.0 Å². The van der Waals surface area contributed by atoms with Crippen LogP contribution in [0.5, 0.6) is 0 Å². The van der Waals surface area contributed by atoms with Gasteiger partial charge in [-0.05, 0) is 19.1 Å². The molecule has 1 heterocycles. The van der Waals surface area contributed by atoms with Crippen molar-refractivity contribution in [3.05, 3.63) is 23.9 Å². The van der Waals surface area contributed by atoms with Crippen LogP contribution in [0.4, 0.5) is 19.0 Å². The number of hydrogen-bond acceptors (Lipinski definition) is 3. The van der Waals surface area contributed by atoms with Gasteiger partial charge in [-0.1, -0.05) is 0 Å². The average Bonchev–Trinajstić information content (AvgIpc) is 2.15. The van der Waals surface area contributed by atoms with E-state index in [4.69, 9.17) is 5.73 Å². The van der Waals surface area contributed by atoms with Gasteiger partial charge in [0.25, 0.3) is 0 Å². The van der Waals surface area contributed by atoms with Crippen molar-refractivity contribution in [3.63, 3.8) is 0 Å². The van der Waals surface area contributed by atoms with Crippen LogP contribution in [0.3, 0.4) is 0 Å². The fourth-order valence-corrected chi connectivity index (χ4v) is 1.25. The molecule has 4 nitrogen and oxygen atoms in total. The van der Waals surface area contributed by atoms with E-state index in [0.29, 0.717) is 0 Å². The molecule has 0 aliphatic rings. The summed E-state index contributed by atoms with van der Waals surface area (Å²) in [7, 11) is 0. The highest BCUT2D eigenvalue weighted by Crippen LogP contribution is 2.28. The molecule has 0 fully saturated rings. The Morgan fingerprint density at radius 2 is 2.18 bits per heavy atom. The van der Waals surface area contributed by atoms with Crippen LogP contribution < -0.4 is 11.1 Å². The first-order valence-electron chi connectivity index (χ1n) is 4.87. The average molecular weight is 247 g/mol. The lowest BCUT2D eigenvalue weighted by Gasteiger charge is -2.13. The van der Waals surface area contributed by atoms with Crippen LogP contribution >= 0.6 is 0 Å². The Labute approximate surface area is 96.0 Å². The molecule has 1 aromatic rings. The summed E-state index contributed by atoms with van der Waals surface area (Å²) < 4.78 is 36.7. The molecule has 1 unspecified atom stereocenters. The Morgan fingerprint density at radius 3 is 2.59 bits per heavy atom. The van der Waals surface area contributed by atoms with Gasteiger partial charge in [0, 0.05) is 18.7 Å². The zero-order valence-corrected chi connectivity index (χ0v) is 9.08. The number of alkyl halides is 3. The number of nitrogens with two attached hydrogens (primary N) is 1. The summed E-state index contributed by atoms with van der Waals surface area (Å²) in [5.41, 5.74) is 4.17. The van der Waals surface area contributed by atoms with E-state index in [1.807, 2.05) is 0 Å². The number of aromatic nitrogens is 1. The van der Waals surface area contributed by atoms with Crippen molar-refractivity contribution >= 4 is 11.7 Å². The molecule has 1 atom stereocenters. The number of anilines is 1. The number of nitrogens with one attached hydrogen (secondary N) is 1. The number of carbonyl (C=O) groups is 1. The van der Waals surface area contributed by atoms with E-state index in [1.165, 1.54) is 6.07 Å². The van der Waals surface area contributed by atoms with E-state index in [2.05, 4.69) is 10.3 Å². The minimum absolute atomic E-state index is 0.0860. The molecule has 1 rings (SSSR count). The number of amides is 1. The van der Waals surface area contributed by atoms with Gasteiger partial charge in [0.1, 0.15) is 5.82 Å². The molecule has 17 heavy (non-hydrogen) atoms. The molecule has 0 aliphatic carbocycles. The number of pyridine rings is 1. The summed E-state index contributed by atoms with van der Waals surface area (Å²) in [6.45, 7) is 1.68. The third kappa shape index (κ3) is 4.29. The largest absolute Gasteiger partial charge is 0.417 e. The van der Waals surface area contributed by atoms with Gasteiger partial charge < -0.3 is 11.1 Å². The first-order valence-corrected chi connectivity index (χ1v) is 4.87. The SMILES string of the molecule is CC(CC(N)=O)Nc1ccc(C(F)(F)F)cn1. The van der Waals surface area contributed by atoms with Gasteiger partial charge in [-0.25, -0.2) is 4.98 Å². The highest BCUT2D eigenvalue weighted by molar-refractivity contribution is 5.74. The summed E-state index contributed by atoms with van der Waals surface area (Å²) in [6, 6.07) is 1.85. The van der Waals surface area contributed by atoms with Crippen LogP contribution in [-0.4, -0.2) is 16.9 Å². The Hall–Kier alpha value is -1.79. The number of carbonyl (C=O) groups excluding carboxylic acids is 1. The zero-order chi connectivity index (χ0) is 13.1. The highest BCUT2D eigenvalue weighted by Gasteiger charge is 2.30. The third-order valence-electron chi connectivity index (χ3n) is 1.99. The van der Waals surface area contributed by atoms with Crippen LogP contribution in [-0.2, 0) is 11.0 Å². The van der Waals surface area contributed by atoms with E-state index >= 15 is 0 Å². The minimum Gasteiger partial charge on any atom is -0.370 e. The topological polar surface area (TPSA) is 68.0 Å². The minimum atomic E-state index is -4.40. The van der Waals surface area contributed by atoms with Crippen molar-refractivity contribution in [1.82, 2.24) is 4.98 Å². The second kappa shape index (κ2) is 5.03. The maximum atomic E-state index is 12.2. The van der Waals surface area contributed by atoms with Gasteiger partial charge >= 0.3 is 6.18 Å². The lowest BCUT2D eigenvalue weighted by molar-refractivity contribution is -0.137. The summed E-state index contributed by atoms with van der Waals surface area (Å²) in [6.07, 6.45) is -3.58. The Balaban J connectivity index is 2.66. The number of primary amides is 1. The van der Waals surface area contributed by atoms with Crippen molar-refractivity contribution in [2.45, 2.75) is 25.6 Å². The van der Waals surface area contributed by atoms with Gasteiger partial charge in [0.05, 0.1) is 5.56 Å². The normalized spacial score (nSPS) is 13.2. The smallest absolute Gasteiger partial charge is 0.370 e. The predicted molar refractivity (Wildman–Crippen MR) is 56.1 cm³/mol. The van der Waals surface area contributed by atoms with Gasteiger partial charge in [-0.2, -0.15) is 13.2 Å². The van der Waals surface area contributed by atoms with Gasteiger partial charge in [-0.15, -0.1) is 0 Å².